The van der Waals surface area contributed by atoms with Gasteiger partial charge < -0.3 is 8.83 Å². The van der Waals surface area contributed by atoms with E-state index in [0.29, 0.717) is 12.1 Å². The highest BCUT2D eigenvalue weighted by atomic mass is 19.3. The number of allylic oxidation sites excluding steroid dienone is 2. The first kappa shape index (κ1) is 19.0. The van der Waals surface area contributed by atoms with E-state index in [2.05, 4.69) is 0 Å². The fraction of sp³-hybridized carbons (Fsp3) is 0.294. The van der Waals surface area contributed by atoms with Gasteiger partial charge in [-0.15, -0.1) is 0 Å². The second-order valence-corrected chi connectivity index (χ2v) is 5.95. The van der Waals surface area contributed by atoms with Crippen molar-refractivity contribution in [1.29, 1.82) is 0 Å². The molecule has 4 nitrogen and oxygen atoms in total. The van der Waals surface area contributed by atoms with Gasteiger partial charge in [0, 0.05) is 22.3 Å². The van der Waals surface area contributed by atoms with Gasteiger partial charge in [-0.3, -0.25) is 9.59 Å². The van der Waals surface area contributed by atoms with Gasteiger partial charge in [0.25, 0.3) is 0 Å². The summed E-state index contributed by atoms with van der Waals surface area (Å²) in [4.78, 5) is 21.6. The first-order valence-electron chi connectivity index (χ1n) is 7.40. The number of carbonyl (C=O) groups is 2. The van der Waals surface area contributed by atoms with E-state index >= 15 is 0 Å². The minimum absolute atomic E-state index is 0.119. The average molecular weight is 392 g/mol. The van der Waals surface area contributed by atoms with Crippen LogP contribution in [0.25, 0.3) is 11.1 Å². The maximum Gasteiger partial charge on any atom is 0.380 e. The van der Waals surface area contributed by atoms with Crippen LogP contribution in [0, 0.1) is 13.8 Å². The molecule has 10 heteroatoms. The zero-order valence-corrected chi connectivity index (χ0v) is 13.7. The third-order valence-corrected chi connectivity index (χ3v) is 4.31. The van der Waals surface area contributed by atoms with Crippen LogP contribution in [0.1, 0.15) is 43.8 Å². The third-order valence-electron chi connectivity index (χ3n) is 4.31. The Morgan fingerprint density at radius 3 is 1.33 bits per heavy atom. The van der Waals surface area contributed by atoms with Crippen LogP contribution in [0.3, 0.4) is 0 Å². The lowest BCUT2D eigenvalue weighted by atomic mass is 9.95. The van der Waals surface area contributed by atoms with Crippen LogP contribution in [-0.4, -0.2) is 30.3 Å². The van der Waals surface area contributed by atoms with E-state index in [0.717, 1.165) is 13.8 Å². The first-order valence-corrected chi connectivity index (χ1v) is 7.40. The van der Waals surface area contributed by atoms with Crippen LogP contribution in [0.2, 0.25) is 0 Å². The monoisotopic (exact) mass is 392 g/mol. The van der Waals surface area contributed by atoms with Crippen LogP contribution in [0.4, 0.5) is 26.3 Å². The van der Waals surface area contributed by atoms with Gasteiger partial charge in [-0.1, -0.05) is 0 Å². The largest absolute Gasteiger partial charge is 0.458 e. The van der Waals surface area contributed by atoms with E-state index in [1.807, 2.05) is 0 Å². The number of aryl methyl sites for hydroxylation is 2. The Morgan fingerprint density at radius 1 is 0.741 bits per heavy atom. The second kappa shape index (κ2) is 5.61. The molecular weight excluding hydrogens is 382 g/mol. The predicted octanol–water partition coefficient (Wildman–Crippen LogP) is 4.94. The quantitative estimate of drug-likeness (QED) is 0.546. The molecule has 144 valence electrons. The van der Waals surface area contributed by atoms with Gasteiger partial charge in [-0.2, -0.15) is 26.3 Å². The van der Waals surface area contributed by atoms with Gasteiger partial charge >= 0.3 is 17.8 Å². The van der Waals surface area contributed by atoms with Crippen molar-refractivity contribution in [2.75, 3.05) is 0 Å². The highest BCUT2D eigenvalue weighted by Gasteiger charge is 2.80. The van der Waals surface area contributed by atoms with E-state index in [-0.39, 0.29) is 12.6 Å². The van der Waals surface area contributed by atoms with Crippen molar-refractivity contribution in [1.82, 2.24) is 0 Å². The van der Waals surface area contributed by atoms with Crippen LogP contribution in [0.15, 0.2) is 21.0 Å². The third kappa shape index (κ3) is 2.31. The molecular formula is C17H10F6O4. The smallest absolute Gasteiger partial charge is 0.380 e. The summed E-state index contributed by atoms with van der Waals surface area (Å²) in [5.41, 5.74) is -4.90. The number of halogens is 6. The summed E-state index contributed by atoms with van der Waals surface area (Å²) in [6.07, 6.45) is 0.238. The van der Waals surface area contributed by atoms with Crippen molar-refractivity contribution in [2.24, 2.45) is 0 Å². The minimum atomic E-state index is -5.76. The van der Waals surface area contributed by atoms with Gasteiger partial charge in [0.2, 0.25) is 0 Å². The van der Waals surface area contributed by atoms with Crippen molar-refractivity contribution >= 4 is 23.7 Å². The zero-order chi connectivity index (χ0) is 20.4. The summed E-state index contributed by atoms with van der Waals surface area (Å²) in [6.45, 7) is 2.13. The van der Waals surface area contributed by atoms with Gasteiger partial charge in [-0.25, -0.2) is 0 Å². The summed E-state index contributed by atoms with van der Waals surface area (Å²) in [5.74, 6) is -18.2. The fourth-order valence-corrected chi connectivity index (χ4v) is 3.06. The van der Waals surface area contributed by atoms with Crippen LogP contribution in [-0.2, 0) is 0 Å². The number of rotatable bonds is 4. The molecule has 0 amide bonds. The molecule has 0 fully saturated rings. The Morgan fingerprint density at radius 2 is 1.07 bits per heavy atom. The molecule has 2 heterocycles. The van der Waals surface area contributed by atoms with Crippen molar-refractivity contribution in [2.45, 2.75) is 31.6 Å². The number of aldehydes is 2. The van der Waals surface area contributed by atoms with Crippen LogP contribution in [0.5, 0.6) is 0 Å². The molecule has 0 saturated heterocycles. The number of alkyl halides is 6. The molecule has 0 aliphatic heterocycles. The highest BCUT2D eigenvalue weighted by Crippen LogP contribution is 2.65. The molecule has 0 saturated carbocycles. The number of carbonyl (C=O) groups excluding carboxylic acids is 2. The molecule has 0 radical (unpaired) electrons. The normalized spacial score (nSPS) is 20.1. The van der Waals surface area contributed by atoms with Gasteiger partial charge in [0.1, 0.15) is 11.5 Å². The highest BCUT2D eigenvalue weighted by molar-refractivity contribution is 6.02. The Bertz CT molecular complexity index is 903. The molecule has 0 aromatic carbocycles. The molecule has 0 bridgehead atoms. The molecule has 0 spiro atoms. The standard InChI is InChI=1S/C17H10F6O4/c1-7-11(3-9(5-24)26-7)13-14(12-4-10(6-25)27-8(12)2)16(20,21)17(22,23)15(13,18)19/h3-6H,1-2H3. The van der Waals surface area contributed by atoms with E-state index in [9.17, 15) is 35.9 Å². The lowest BCUT2D eigenvalue weighted by molar-refractivity contribution is -0.254. The number of hydrogen-bond acceptors (Lipinski definition) is 4. The topological polar surface area (TPSA) is 60.4 Å². The average Bonchev–Trinajstić information content (AvgIpc) is 3.16. The number of furan rings is 2. The lowest BCUT2D eigenvalue weighted by Crippen LogP contribution is -2.48. The minimum Gasteiger partial charge on any atom is -0.458 e. The summed E-state index contributed by atoms with van der Waals surface area (Å²) in [7, 11) is 0. The molecule has 1 aliphatic carbocycles. The molecule has 0 N–H and O–H groups in total. The van der Waals surface area contributed by atoms with E-state index in [4.69, 9.17) is 8.83 Å². The lowest BCUT2D eigenvalue weighted by Gasteiger charge is -2.25. The van der Waals surface area contributed by atoms with Crippen LogP contribution < -0.4 is 0 Å². The predicted molar refractivity (Wildman–Crippen MR) is 79.3 cm³/mol. The van der Waals surface area contributed by atoms with Crippen molar-refractivity contribution < 1.29 is 44.8 Å². The molecule has 2 aromatic rings. The summed E-state index contributed by atoms with van der Waals surface area (Å²) in [5, 5.41) is 0. The number of hydrogen-bond donors (Lipinski definition) is 0. The van der Waals surface area contributed by atoms with Gasteiger partial charge in [0.15, 0.2) is 24.1 Å². The fourth-order valence-electron chi connectivity index (χ4n) is 3.06. The molecule has 0 atom stereocenters. The maximum absolute atomic E-state index is 14.5. The van der Waals surface area contributed by atoms with Crippen molar-refractivity contribution in [3.63, 3.8) is 0 Å². The van der Waals surface area contributed by atoms with E-state index in [1.54, 1.807) is 0 Å². The Balaban J connectivity index is 2.45. The van der Waals surface area contributed by atoms with Crippen molar-refractivity contribution in [3.05, 3.63) is 46.3 Å². The molecule has 3 rings (SSSR count). The molecule has 27 heavy (non-hydrogen) atoms. The van der Waals surface area contributed by atoms with Crippen molar-refractivity contribution in [3.8, 4) is 0 Å². The first-order chi connectivity index (χ1) is 12.4. The second-order valence-electron chi connectivity index (χ2n) is 5.95. The SMILES string of the molecule is Cc1oc(C=O)cc1C1=C(c2cc(C=O)oc2C)C(F)(F)C(F)(F)C1(F)F. The van der Waals surface area contributed by atoms with Crippen LogP contribution >= 0.6 is 0 Å². The Kier molecular flexibility index (Phi) is 3.94. The molecule has 0 unspecified atom stereocenters. The summed E-state index contributed by atoms with van der Waals surface area (Å²) in [6, 6.07) is 1.36. The summed E-state index contributed by atoms with van der Waals surface area (Å²) < 4.78 is 95.8. The van der Waals surface area contributed by atoms with E-state index < -0.39 is 63.1 Å². The van der Waals surface area contributed by atoms with Gasteiger partial charge in [-0.05, 0) is 26.0 Å². The van der Waals surface area contributed by atoms with Gasteiger partial charge in [0.05, 0.1) is 0 Å². The Labute approximate surface area is 147 Å². The maximum atomic E-state index is 14.5. The Hall–Kier alpha value is -2.78. The molecule has 1 aliphatic rings. The van der Waals surface area contributed by atoms with E-state index in [1.165, 1.54) is 0 Å². The molecule has 2 aromatic heterocycles. The zero-order valence-electron chi connectivity index (χ0n) is 13.7. The summed E-state index contributed by atoms with van der Waals surface area (Å²) >= 11 is 0.